The van der Waals surface area contributed by atoms with Crippen LogP contribution in [0.1, 0.15) is 26.7 Å². The standard InChI is InChI=1S/C17H26N2O/c1-4-7-14-18(6-3)15-17(20)19(13-5-2)16-11-9-8-10-12-16/h5,8-12H,2,4,6-7,13-15H2,1,3H3. The number of carbonyl (C=O) groups excluding carboxylic acids is 1. The third-order valence-electron chi connectivity index (χ3n) is 3.31. The van der Waals surface area contributed by atoms with Gasteiger partial charge < -0.3 is 4.90 Å². The van der Waals surface area contributed by atoms with Gasteiger partial charge >= 0.3 is 0 Å². The number of anilines is 1. The Morgan fingerprint density at radius 3 is 2.50 bits per heavy atom. The Kier molecular flexibility index (Phi) is 7.66. The van der Waals surface area contributed by atoms with Gasteiger partial charge in [0.1, 0.15) is 0 Å². The fraction of sp³-hybridized carbons (Fsp3) is 0.471. The van der Waals surface area contributed by atoms with Gasteiger partial charge in [-0.2, -0.15) is 0 Å². The van der Waals surface area contributed by atoms with Crippen LogP contribution in [0.4, 0.5) is 5.69 Å². The van der Waals surface area contributed by atoms with Gasteiger partial charge in [0.2, 0.25) is 5.91 Å². The first-order valence-electron chi connectivity index (χ1n) is 7.41. The first-order valence-corrected chi connectivity index (χ1v) is 7.41. The maximum absolute atomic E-state index is 12.5. The van der Waals surface area contributed by atoms with Crippen molar-refractivity contribution in [3.8, 4) is 0 Å². The molecule has 0 spiro atoms. The van der Waals surface area contributed by atoms with Crippen LogP contribution < -0.4 is 4.90 Å². The molecule has 0 aliphatic heterocycles. The molecule has 0 saturated carbocycles. The van der Waals surface area contributed by atoms with Gasteiger partial charge in [-0.1, -0.05) is 44.5 Å². The zero-order chi connectivity index (χ0) is 14.8. The lowest BCUT2D eigenvalue weighted by Crippen LogP contribution is -2.41. The molecule has 0 N–H and O–H groups in total. The third-order valence-corrected chi connectivity index (χ3v) is 3.31. The predicted molar refractivity (Wildman–Crippen MR) is 86.0 cm³/mol. The van der Waals surface area contributed by atoms with E-state index in [2.05, 4.69) is 25.3 Å². The average molecular weight is 274 g/mol. The molecule has 0 aromatic heterocycles. The molecule has 0 bridgehead atoms. The van der Waals surface area contributed by atoms with Crippen molar-refractivity contribution in [2.75, 3.05) is 31.1 Å². The van der Waals surface area contributed by atoms with E-state index in [1.807, 2.05) is 30.3 Å². The summed E-state index contributed by atoms with van der Waals surface area (Å²) in [4.78, 5) is 16.5. The van der Waals surface area contributed by atoms with Crippen LogP contribution in [0.15, 0.2) is 43.0 Å². The molecule has 3 nitrogen and oxygen atoms in total. The van der Waals surface area contributed by atoms with E-state index in [-0.39, 0.29) is 5.91 Å². The molecule has 0 atom stereocenters. The van der Waals surface area contributed by atoms with Crippen LogP contribution in [-0.2, 0) is 4.79 Å². The Morgan fingerprint density at radius 2 is 1.95 bits per heavy atom. The molecule has 3 heteroatoms. The van der Waals surface area contributed by atoms with Crippen molar-refractivity contribution in [1.82, 2.24) is 4.90 Å². The van der Waals surface area contributed by atoms with E-state index in [1.165, 1.54) is 0 Å². The van der Waals surface area contributed by atoms with E-state index in [0.717, 1.165) is 31.6 Å². The molecule has 0 heterocycles. The van der Waals surface area contributed by atoms with Crippen molar-refractivity contribution in [3.05, 3.63) is 43.0 Å². The molecule has 1 amide bonds. The van der Waals surface area contributed by atoms with Gasteiger partial charge in [-0.25, -0.2) is 0 Å². The molecule has 1 rings (SSSR count). The summed E-state index contributed by atoms with van der Waals surface area (Å²) in [6.07, 6.45) is 4.06. The Bertz CT molecular complexity index is 403. The quantitative estimate of drug-likeness (QED) is 0.645. The first-order chi connectivity index (χ1) is 9.72. The highest BCUT2D eigenvalue weighted by Crippen LogP contribution is 2.13. The van der Waals surface area contributed by atoms with Crippen molar-refractivity contribution >= 4 is 11.6 Å². The van der Waals surface area contributed by atoms with Gasteiger partial charge in [0.25, 0.3) is 0 Å². The predicted octanol–water partition coefficient (Wildman–Crippen LogP) is 3.33. The van der Waals surface area contributed by atoms with Crippen molar-refractivity contribution < 1.29 is 4.79 Å². The second-order valence-electron chi connectivity index (χ2n) is 4.85. The fourth-order valence-corrected chi connectivity index (χ4v) is 2.10. The largest absolute Gasteiger partial charge is 0.308 e. The number of benzene rings is 1. The number of hydrogen-bond donors (Lipinski definition) is 0. The smallest absolute Gasteiger partial charge is 0.241 e. The van der Waals surface area contributed by atoms with Gasteiger partial charge in [-0.15, -0.1) is 6.58 Å². The summed E-state index contributed by atoms with van der Waals surface area (Å²) < 4.78 is 0. The Labute approximate surface area is 122 Å². The van der Waals surface area contributed by atoms with E-state index in [9.17, 15) is 4.79 Å². The second kappa shape index (κ2) is 9.32. The third kappa shape index (κ3) is 5.17. The van der Waals surface area contributed by atoms with Crippen molar-refractivity contribution in [2.24, 2.45) is 0 Å². The van der Waals surface area contributed by atoms with E-state index < -0.39 is 0 Å². The molecule has 0 aliphatic carbocycles. The van der Waals surface area contributed by atoms with Crippen LogP contribution in [0, 0.1) is 0 Å². The SMILES string of the molecule is C=CCN(C(=O)CN(CC)CCCC)c1ccccc1. The minimum absolute atomic E-state index is 0.133. The molecule has 20 heavy (non-hydrogen) atoms. The number of rotatable bonds is 9. The molecule has 1 aromatic rings. The van der Waals surface area contributed by atoms with Crippen LogP contribution in [0.25, 0.3) is 0 Å². The van der Waals surface area contributed by atoms with Crippen molar-refractivity contribution in [1.29, 1.82) is 0 Å². The van der Waals surface area contributed by atoms with Gasteiger partial charge in [0, 0.05) is 12.2 Å². The zero-order valence-corrected chi connectivity index (χ0v) is 12.7. The molecule has 0 aliphatic rings. The van der Waals surface area contributed by atoms with Crippen molar-refractivity contribution in [2.45, 2.75) is 26.7 Å². The minimum Gasteiger partial charge on any atom is -0.308 e. The number of nitrogens with zero attached hydrogens (tertiary/aromatic N) is 2. The Hall–Kier alpha value is -1.61. The van der Waals surface area contributed by atoms with Crippen LogP contribution in [-0.4, -0.2) is 37.0 Å². The summed E-state index contributed by atoms with van der Waals surface area (Å²) in [7, 11) is 0. The van der Waals surface area contributed by atoms with Gasteiger partial charge in [-0.05, 0) is 31.6 Å². The number of unbranched alkanes of at least 4 members (excludes halogenated alkanes) is 1. The van der Waals surface area contributed by atoms with Crippen molar-refractivity contribution in [3.63, 3.8) is 0 Å². The number of carbonyl (C=O) groups is 1. The summed E-state index contributed by atoms with van der Waals surface area (Å²) in [5.41, 5.74) is 0.934. The average Bonchev–Trinajstić information content (AvgIpc) is 2.49. The van der Waals surface area contributed by atoms with Gasteiger partial charge in [0.15, 0.2) is 0 Å². The summed E-state index contributed by atoms with van der Waals surface area (Å²) in [6, 6.07) is 9.79. The maximum Gasteiger partial charge on any atom is 0.241 e. The zero-order valence-electron chi connectivity index (χ0n) is 12.7. The highest BCUT2D eigenvalue weighted by Gasteiger charge is 2.16. The van der Waals surface area contributed by atoms with Crippen LogP contribution in [0.3, 0.4) is 0 Å². The lowest BCUT2D eigenvalue weighted by molar-refractivity contribution is -0.119. The minimum atomic E-state index is 0.133. The molecule has 0 unspecified atom stereocenters. The molecule has 110 valence electrons. The van der Waals surface area contributed by atoms with Crippen LogP contribution in [0.2, 0.25) is 0 Å². The lowest BCUT2D eigenvalue weighted by atomic mass is 10.2. The van der Waals surface area contributed by atoms with Gasteiger partial charge in [0.05, 0.1) is 6.54 Å². The molecule has 0 radical (unpaired) electrons. The van der Waals surface area contributed by atoms with Crippen LogP contribution in [0.5, 0.6) is 0 Å². The molecule has 0 fully saturated rings. The monoisotopic (exact) mass is 274 g/mol. The molecular formula is C17H26N2O. The lowest BCUT2D eigenvalue weighted by Gasteiger charge is -2.26. The molecule has 1 aromatic carbocycles. The van der Waals surface area contributed by atoms with Gasteiger partial charge in [-0.3, -0.25) is 9.69 Å². The number of likely N-dealkylation sites (N-methyl/N-ethyl adjacent to an activating group) is 1. The molecular weight excluding hydrogens is 248 g/mol. The maximum atomic E-state index is 12.5. The summed E-state index contributed by atoms with van der Waals surface area (Å²) >= 11 is 0. The van der Waals surface area contributed by atoms with Crippen LogP contribution >= 0.6 is 0 Å². The number of amides is 1. The highest BCUT2D eigenvalue weighted by molar-refractivity contribution is 5.95. The Balaban J connectivity index is 2.71. The summed E-state index contributed by atoms with van der Waals surface area (Å²) in [6.45, 7) is 10.9. The fourth-order valence-electron chi connectivity index (χ4n) is 2.10. The second-order valence-corrected chi connectivity index (χ2v) is 4.85. The topological polar surface area (TPSA) is 23.6 Å². The number of para-hydroxylation sites is 1. The Morgan fingerprint density at radius 1 is 1.25 bits per heavy atom. The first kappa shape index (κ1) is 16.4. The number of hydrogen-bond acceptors (Lipinski definition) is 2. The molecule has 0 saturated heterocycles. The summed E-state index contributed by atoms with van der Waals surface area (Å²) in [5.74, 6) is 0.133. The summed E-state index contributed by atoms with van der Waals surface area (Å²) in [5, 5.41) is 0. The normalized spacial score (nSPS) is 10.6. The van der Waals surface area contributed by atoms with E-state index in [1.54, 1.807) is 11.0 Å². The highest BCUT2D eigenvalue weighted by atomic mass is 16.2. The van der Waals surface area contributed by atoms with E-state index in [0.29, 0.717) is 13.1 Å². The van der Waals surface area contributed by atoms with E-state index >= 15 is 0 Å². The van der Waals surface area contributed by atoms with E-state index in [4.69, 9.17) is 0 Å².